The highest BCUT2D eigenvalue weighted by Gasteiger charge is 2.31. The van der Waals surface area contributed by atoms with Gasteiger partial charge in [0.15, 0.2) is 0 Å². The summed E-state index contributed by atoms with van der Waals surface area (Å²) in [5, 5.41) is 4.35. The Bertz CT molecular complexity index is 1290. The minimum Gasteiger partial charge on any atom is -0.348 e. The maximum Gasteiger partial charge on any atom is 0.234 e. The van der Waals surface area contributed by atoms with Gasteiger partial charge in [-0.05, 0) is 47.4 Å². The highest BCUT2D eigenvalue weighted by molar-refractivity contribution is 6.42. The Hall–Kier alpha value is -3.05. The third kappa shape index (κ3) is 5.46. The first-order chi connectivity index (χ1) is 17.1. The highest BCUT2D eigenvalue weighted by atomic mass is 35.5. The number of carbonyl (C=O) groups is 1. The van der Waals surface area contributed by atoms with Gasteiger partial charge in [0.2, 0.25) is 5.91 Å². The second-order valence-corrected chi connectivity index (χ2v) is 9.71. The van der Waals surface area contributed by atoms with Crippen molar-refractivity contribution in [1.29, 1.82) is 0 Å². The second kappa shape index (κ2) is 10.7. The Kier molecular flexibility index (Phi) is 7.24. The van der Waals surface area contributed by atoms with E-state index < -0.39 is 0 Å². The number of carbonyl (C=O) groups excluding carboxylic acids is 1. The van der Waals surface area contributed by atoms with Crippen LogP contribution in [0.4, 0.5) is 0 Å². The van der Waals surface area contributed by atoms with Gasteiger partial charge in [-0.25, -0.2) is 0 Å². The SMILES string of the molecule is O=C(CN1CCn2cccc2C1c1ccc(Cl)c(Cl)c1)NC(Cc1ccccc1)c1ccccc1. The number of benzene rings is 3. The first kappa shape index (κ1) is 23.7. The molecule has 1 aromatic heterocycles. The summed E-state index contributed by atoms with van der Waals surface area (Å²) in [7, 11) is 0. The molecule has 1 aliphatic rings. The zero-order valence-corrected chi connectivity index (χ0v) is 20.8. The van der Waals surface area contributed by atoms with Gasteiger partial charge in [-0.1, -0.05) is 89.9 Å². The molecule has 2 heterocycles. The zero-order valence-electron chi connectivity index (χ0n) is 19.3. The quantitative estimate of drug-likeness (QED) is 0.321. The molecule has 2 atom stereocenters. The van der Waals surface area contributed by atoms with Gasteiger partial charge in [0.25, 0.3) is 0 Å². The minimum absolute atomic E-state index is 0.000138. The van der Waals surface area contributed by atoms with Crippen molar-refractivity contribution in [2.45, 2.75) is 25.0 Å². The van der Waals surface area contributed by atoms with E-state index in [0.717, 1.165) is 36.3 Å². The molecule has 0 bridgehead atoms. The minimum atomic E-state index is -0.108. The molecule has 4 nitrogen and oxygen atoms in total. The number of rotatable bonds is 7. The summed E-state index contributed by atoms with van der Waals surface area (Å²) in [6.45, 7) is 1.88. The number of nitrogens with zero attached hydrogens (tertiary/aromatic N) is 2. The topological polar surface area (TPSA) is 37.3 Å². The smallest absolute Gasteiger partial charge is 0.234 e. The van der Waals surface area contributed by atoms with Gasteiger partial charge in [0.1, 0.15) is 0 Å². The lowest BCUT2D eigenvalue weighted by molar-refractivity contribution is -0.123. The lowest BCUT2D eigenvalue weighted by atomic mass is 9.98. The Morgan fingerprint density at radius 1 is 0.886 bits per heavy atom. The molecule has 0 aliphatic carbocycles. The fourth-order valence-electron chi connectivity index (χ4n) is 4.88. The number of hydrogen-bond acceptors (Lipinski definition) is 2. The van der Waals surface area contributed by atoms with Crippen molar-refractivity contribution in [3.05, 3.63) is 130 Å². The second-order valence-electron chi connectivity index (χ2n) is 8.89. The van der Waals surface area contributed by atoms with Crippen LogP contribution in [-0.4, -0.2) is 28.5 Å². The maximum atomic E-state index is 13.4. The molecule has 35 heavy (non-hydrogen) atoms. The predicted octanol–water partition coefficient (Wildman–Crippen LogP) is 6.30. The average molecular weight is 504 g/mol. The molecule has 0 spiro atoms. The van der Waals surface area contributed by atoms with Crippen LogP contribution in [-0.2, 0) is 17.8 Å². The molecule has 3 aromatic carbocycles. The first-order valence-electron chi connectivity index (χ1n) is 11.8. The maximum absolute atomic E-state index is 13.4. The van der Waals surface area contributed by atoms with Gasteiger partial charge >= 0.3 is 0 Å². The van der Waals surface area contributed by atoms with E-state index in [4.69, 9.17) is 23.2 Å². The summed E-state index contributed by atoms with van der Waals surface area (Å²) in [5.41, 5.74) is 4.45. The molecule has 1 aliphatic heterocycles. The van der Waals surface area contributed by atoms with Crippen LogP contribution in [0.5, 0.6) is 0 Å². The number of amides is 1. The molecule has 178 valence electrons. The van der Waals surface area contributed by atoms with Crippen LogP contribution in [0.25, 0.3) is 0 Å². The fourth-order valence-corrected chi connectivity index (χ4v) is 5.18. The fraction of sp³-hybridized carbons (Fsp3) is 0.207. The number of hydrogen-bond donors (Lipinski definition) is 1. The predicted molar refractivity (Wildman–Crippen MR) is 142 cm³/mol. The van der Waals surface area contributed by atoms with Crippen molar-refractivity contribution < 1.29 is 4.79 Å². The highest BCUT2D eigenvalue weighted by Crippen LogP contribution is 2.35. The lowest BCUT2D eigenvalue weighted by Crippen LogP contribution is -2.45. The number of halogens is 2. The van der Waals surface area contributed by atoms with Gasteiger partial charge in [-0.3, -0.25) is 9.69 Å². The monoisotopic (exact) mass is 503 g/mol. The summed E-state index contributed by atoms with van der Waals surface area (Å²) in [6, 6.07) is 30.1. The Labute approximate surface area is 216 Å². The van der Waals surface area contributed by atoms with E-state index >= 15 is 0 Å². The van der Waals surface area contributed by atoms with Crippen molar-refractivity contribution in [2.75, 3.05) is 13.1 Å². The molecule has 0 fully saturated rings. The summed E-state index contributed by atoms with van der Waals surface area (Å²) >= 11 is 12.6. The van der Waals surface area contributed by atoms with Gasteiger partial charge in [0.05, 0.1) is 28.7 Å². The van der Waals surface area contributed by atoms with E-state index in [-0.39, 0.29) is 24.5 Å². The molecule has 1 N–H and O–H groups in total. The van der Waals surface area contributed by atoms with Gasteiger partial charge in [-0.2, -0.15) is 0 Å². The zero-order chi connectivity index (χ0) is 24.2. The molecule has 5 rings (SSSR count). The van der Waals surface area contributed by atoms with E-state index in [0.29, 0.717) is 10.0 Å². The van der Waals surface area contributed by atoms with Crippen LogP contribution in [0.3, 0.4) is 0 Å². The Morgan fingerprint density at radius 3 is 2.37 bits per heavy atom. The summed E-state index contributed by atoms with van der Waals surface area (Å²) < 4.78 is 2.24. The summed E-state index contributed by atoms with van der Waals surface area (Å²) in [4.78, 5) is 15.6. The average Bonchev–Trinajstić information content (AvgIpc) is 3.35. The Morgan fingerprint density at radius 2 is 1.63 bits per heavy atom. The molecule has 0 saturated carbocycles. The molecular formula is C29H27Cl2N3O. The van der Waals surface area contributed by atoms with Crippen LogP contribution in [0.15, 0.2) is 97.2 Å². The third-order valence-corrected chi connectivity index (χ3v) is 7.30. The van der Waals surface area contributed by atoms with Crippen LogP contribution < -0.4 is 5.32 Å². The lowest BCUT2D eigenvalue weighted by Gasteiger charge is -2.37. The molecule has 0 saturated heterocycles. The summed E-state index contributed by atoms with van der Waals surface area (Å²) in [6.07, 6.45) is 2.82. The van der Waals surface area contributed by atoms with Crippen molar-refractivity contribution in [3.63, 3.8) is 0 Å². The largest absolute Gasteiger partial charge is 0.348 e. The van der Waals surface area contributed by atoms with Crippen LogP contribution >= 0.6 is 23.2 Å². The Balaban J connectivity index is 1.38. The number of nitrogens with one attached hydrogen (secondary N) is 1. The van der Waals surface area contributed by atoms with Crippen LogP contribution in [0, 0.1) is 0 Å². The van der Waals surface area contributed by atoms with E-state index in [1.165, 1.54) is 5.56 Å². The van der Waals surface area contributed by atoms with Gasteiger partial charge in [0, 0.05) is 25.0 Å². The molecule has 1 amide bonds. The van der Waals surface area contributed by atoms with Crippen molar-refractivity contribution in [3.8, 4) is 0 Å². The van der Waals surface area contributed by atoms with Gasteiger partial charge < -0.3 is 9.88 Å². The standard InChI is InChI=1S/C29H27Cl2N3O/c30-24-14-13-23(19-25(24)31)29-27-12-7-15-33(27)16-17-34(29)20-28(35)32-26(22-10-5-2-6-11-22)18-21-8-3-1-4-9-21/h1-15,19,26,29H,16-18,20H2,(H,32,35). The van der Waals surface area contributed by atoms with Crippen molar-refractivity contribution in [1.82, 2.24) is 14.8 Å². The van der Waals surface area contributed by atoms with Crippen molar-refractivity contribution in [2.24, 2.45) is 0 Å². The molecular weight excluding hydrogens is 477 g/mol. The van der Waals surface area contributed by atoms with Crippen LogP contribution in [0.2, 0.25) is 10.0 Å². The molecule has 4 aromatic rings. The van der Waals surface area contributed by atoms with E-state index in [1.807, 2.05) is 54.6 Å². The van der Waals surface area contributed by atoms with Crippen molar-refractivity contribution >= 4 is 29.1 Å². The molecule has 6 heteroatoms. The van der Waals surface area contributed by atoms with E-state index in [9.17, 15) is 4.79 Å². The third-order valence-electron chi connectivity index (χ3n) is 6.56. The molecule has 0 radical (unpaired) electrons. The normalized spacial score (nSPS) is 16.5. The first-order valence-corrected chi connectivity index (χ1v) is 12.6. The van der Waals surface area contributed by atoms with Crippen LogP contribution in [0.1, 0.15) is 34.5 Å². The summed E-state index contributed by atoms with van der Waals surface area (Å²) in [5.74, 6) is -0.000138. The van der Waals surface area contributed by atoms with Gasteiger partial charge in [-0.15, -0.1) is 0 Å². The number of fused-ring (bicyclic) bond motifs is 1. The molecule has 2 unspecified atom stereocenters. The van der Waals surface area contributed by atoms with E-state index in [2.05, 4.69) is 57.4 Å². The van der Waals surface area contributed by atoms with E-state index in [1.54, 1.807) is 0 Å². The number of aromatic nitrogens is 1.